The summed E-state index contributed by atoms with van der Waals surface area (Å²) in [5.41, 5.74) is 3.53. The molecule has 0 spiro atoms. The molecule has 2 rings (SSSR count). The Morgan fingerprint density at radius 2 is 2.22 bits per heavy atom. The van der Waals surface area contributed by atoms with Gasteiger partial charge in [0.2, 0.25) is 0 Å². The first-order chi connectivity index (χ1) is 8.66. The van der Waals surface area contributed by atoms with E-state index < -0.39 is 0 Å². The topological polar surface area (TPSA) is 67.5 Å². The quantitative estimate of drug-likeness (QED) is 0.663. The van der Waals surface area contributed by atoms with Gasteiger partial charge in [0, 0.05) is 12.4 Å². The smallest absolute Gasteiger partial charge is 0.272 e. The number of carbonyl (C=O) groups is 1. The van der Waals surface area contributed by atoms with Crippen molar-refractivity contribution in [3.05, 3.63) is 53.7 Å². The number of amides is 1. The summed E-state index contributed by atoms with van der Waals surface area (Å²) in [6.07, 6.45) is 3.09. The van der Waals surface area contributed by atoms with Crippen molar-refractivity contribution in [2.24, 2.45) is 5.10 Å². The van der Waals surface area contributed by atoms with Crippen LogP contribution in [0.15, 0.2) is 46.2 Å². The number of furan rings is 1. The van der Waals surface area contributed by atoms with Crippen molar-refractivity contribution in [1.82, 2.24) is 10.4 Å². The Kier molecular flexibility index (Phi) is 3.52. The average molecular weight is 243 g/mol. The van der Waals surface area contributed by atoms with Crippen molar-refractivity contribution in [2.75, 3.05) is 0 Å². The Morgan fingerprint density at radius 3 is 2.83 bits per heavy atom. The molecule has 0 saturated carbocycles. The Labute approximate surface area is 105 Å². The second kappa shape index (κ2) is 5.27. The highest BCUT2D eigenvalue weighted by atomic mass is 16.3. The number of hydrogen-bond donors (Lipinski definition) is 1. The molecule has 0 saturated heterocycles. The first kappa shape index (κ1) is 12.0. The van der Waals surface area contributed by atoms with Crippen molar-refractivity contribution in [1.29, 1.82) is 0 Å². The van der Waals surface area contributed by atoms with E-state index >= 15 is 0 Å². The standard InChI is InChI=1S/C13H13N3O2/c1-9-5-6-12(18-9)10(2)15-16-13(17)11-4-3-7-14-8-11/h3-8H,1-2H3,(H,16,17)/b15-10+. The lowest BCUT2D eigenvalue weighted by Gasteiger charge is -2.00. The van der Waals surface area contributed by atoms with E-state index in [2.05, 4.69) is 15.5 Å². The van der Waals surface area contributed by atoms with Crippen LogP contribution in [0, 0.1) is 6.92 Å². The fourth-order valence-corrected chi connectivity index (χ4v) is 1.38. The number of nitrogens with zero attached hydrogens (tertiary/aromatic N) is 2. The molecule has 5 heteroatoms. The van der Waals surface area contributed by atoms with Crippen molar-refractivity contribution >= 4 is 11.6 Å². The van der Waals surface area contributed by atoms with Crippen molar-refractivity contribution in [2.45, 2.75) is 13.8 Å². The van der Waals surface area contributed by atoms with Gasteiger partial charge in [0.1, 0.15) is 17.2 Å². The number of rotatable bonds is 3. The van der Waals surface area contributed by atoms with Gasteiger partial charge in [0.15, 0.2) is 0 Å². The lowest BCUT2D eigenvalue weighted by molar-refractivity contribution is 0.0954. The Hall–Kier alpha value is -2.43. The van der Waals surface area contributed by atoms with Crippen LogP contribution in [0.3, 0.4) is 0 Å². The van der Waals surface area contributed by atoms with Crippen LogP contribution in [0.25, 0.3) is 0 Å². The molecule has 2 heterocycles. The maximum absolute atomic E-state index is 11.7. The number of aryl methyl sites for hydroxylation is 1. The molecule has 1 amide bonds. The van der Waals surface area contributed by atoms with Crippen molar-refractivity contribution < 1.29 is 9.21 Å². The number of pyridine rings is 1. The molecule has 0 atom stereocenters. The summed E-state index contributed by atoms with van der Waals surface area (Å²) >= 11 is 0. The van der Waals surface area contributed by atoms with E-state index in [9.17, 15) is 4.79 Å². The third-order valence-corrected chi connectivity index (χ3v) is 2.35. The third kappa shape index (κ3) is 2.82. The maximum atomic E-state index is 11.7. The minimum atomic E-state index is -0.300. The van der Waals surface area contributed by atoms with Gasteiger partial charge >= 0.3 is 0 Å². The number of hydrogen-bond acceptors (Lipinski definition) is 4. The van der Waals surface area contributed by atoms with Crippen molar-refractivity contribution in [3.8, 4) is 0 Å². The van der Waals surface area contributed by atoms with E-state index in [-0.39, 0.29) is 5.91 Å². The zero-order valence-corrected chi connectivity index (χ0v) is 10.2. The average Bonchev–Trinajstić information content (AvgIpc) is 2.83. The van der Waals surface area contributed by atoms with E-state index in [1.54, 1.807) is 25.3 Å². The van der Waals surface area contributed by atoms with Crippen LogP contribution >= 0.6 is 0 Å². The molecule has 2 aromatic heterocycles. The van der Waals surface area contributed by atoms with Crippen LogP contribution in [0.4, 0.5) is 0 Å². The van der Waals surface area contributed by atoms with Gasteiger partial charge < -0.3 is 4.42 Å². The number of aromatic nitrogens is 1. The Bertz CT molecular complexity index is 573. The third-order valence-electron chi connectivity index (χ3n) is 2.35. The molecule has 5 nitrogen and oxygen atoms in total. The highest BCUT2D eigenvalue weighted by Gasteiger charge is 2.06. The maximum Gasteiger partial charge on any atom is 0.272 e. The second-order valence-electron chi connectivity index (χ2n) is 3.79. The molecule has 2 aromatic rings. The van der Waals surface area contributed by atoms with E-state index in [1.165, 1.54) is 6.20 Å². The van der Waals surface area contributed by atoms with Crippen LogP contribution in [0.2, 0.25) is 0 Å². The molecule has 0 radical (unpaired) electrons. The van der Waals surface area contributed by atoms with Crippen LogP contribution in [-0.2, 0) is 0 Å². The lowest BCUT2D eigenvalue weighted by Crippen LogP contribution is -2.19. The van der Waals surface area contributed by atoms with Crippen LogP contribution in [0.1, 0.15) is 28.8 Å². The molecule has 0 aliphatic heterocycles. The largest absolute Gasteiger partial charge is 0.460 e. The summed E-state index contributed by atoms with van der Waals surface area (Å²) in [7, 11) is 0. The molecule has 0 aliphatic carbocycles. The highest BCUT2D eigenvalue weighted by molar-refractivity contribution is 5.99. The molecule has 0 unspecified atom stereocenters. The van der Waals surface area contributed by atoms with E-state index in [0.29, 0.717) is 17.0 Å². The summed E-state index contributed by atoms with van der Waals surface area (Å²) in [4.78, 5) is 15.6. The van der Waals surface area contributed by atoms with Gasteiger partial charge in [-0.05, 0) is 38.1 Å². The van der Waals surface area contributed by atoms with E-state index in [4.69, 9.17) is 4.42 Å². The number of hydrazone groups is 1. The van der Waals surface area contributed by atoms with Crippen LogP contribution in [-0.4, -0.2) is 16.6 Å². The first-order valence-electron chi connectivity index (χ1n) is 5.48. The lowest BCUT2D eigenvalue weighted by atomic mass is 10.3. The molecule has 0 aromatic carbocycles. The summed E-state index contributed by atoms with van der Waals surface area (Å²) in [6, 6.07) is 7.02. The van der Waals surface area contributed by atoms with Crippen LogP contribution in [0.5, 0.6) is 0 Å². The zero-order valence-electron chi connectivity index (χ0n) is 10.2. The van der Waals surface area contributed by atoms with Gasteiger partial charge in [-0.15, -0.1) is 0 Å². The minimum Gasteiger partial charge on any atom is -0.460 e. The molecule has 0 fully saturated rings. The Morgan fingerprint density at radius 1 is 1.39 bits per heavy atom. The molecule has 0 aliphatic rings. The molecular weight excluding hydrogens is 230 g/mol. The van der Waals surface area contributed by atoms with Gasteiger partial charge in [-0.3, -0.25) is 9.78 Å². The summed E-state index contributed by atoms with van der Waals surface area (Å²) in [5, 5.41) is 3.98. The molecule has 0 bridgehead atoms. The predicted octanol–water partition coefficient (Wildman–Crippen LogP) is 2.14. The van der Waals surface area contributed by atoms with Gasteiger partial charge in [-0.2, -0.15) is 5.10 Å². The Balaban J connectivity index is 2.05. The van der Waals surface area contributed by atoms with Crippen molar-refractivity contribution in [3.63, 3.8) is 0 Å². The zero-order chi connectivity index (χ0) is 13.0. The minimum absolute atomic E-state index is 0.300. The number of nitrogens with one attached hydrogen (secondary N) is 1. The molecule has 92 valence electrons. The molecule has 18 heavy (non-hydrogen) atoms. The van der Waals surface area contributed by atoms with E-state index in [1.807, 2.05) is 19.1 Å². The summed E-state index contributed by atoms with van der Waals surface area (Å²) in [5.74, 6) is 1.14. The van der Waals surface area contributed by atoms with Gasteiger partial charge in [0.05, 0.1) is 5.56 Å². The van der Waals surface area contributed by atoms with Gasteiger partial charge in [0.25, 0.3) is 5.91 Å². The molecule has 1 N–H and O–H groups in total. The fourth-order valence-electron chi connectivity index (χ4n) is 1.38. The normalized spacial score (nSPS) is 11.3. The first-order valence-corrected chi connectivity index (χ1v) is 5.48. The summed E-state index contributed by atoms with van der Waals surface area (Å²) < 4.78 is 5.39. The molecular formula is C13H13N3O2. The van der Waals surface area contributed by atoms with Crippen LogP contribution < -0.4 is 5.43 Å². The summed E-state index contributed by atoms with van der Waals surface area (Å²) in [6.45, 7) is 3.62. The SMILES string of the molecule is C/C(=N\NC(=O)c1cccnc1)c1ccc(C)o1. The number of carbonyl (C=O) groups excluding carboxylic acids is 1. The fraction of sp³-hybridized carbons (Fsp3) is 0.154. The highest BCUT2D eigenvalue weighted by Crippen LogP contribution is 2.07. The second-order valence-corrected chi connectivity index (χ2v) is 3.79. The monoisotopic (exact) mass is 243 g/mol. The predicted molar refractivity (Wildman–Crippen MR) is 67.4 cm³/mol. The van der Waals surface area contributed by atoms with Gasteiger partial charge in [-0.1, -0.05) is 0 Å². The van der Waals surface area contributed by atoms with E-state index in [0.717, 1.165) is 5.76 Å². The van der Waals surface area contributed by atoms with Gasteiger partial charge in [-0.25, -0.2) is 5.43 Å².